The minimum absolute atomic E-state index is 0.0544. The molecule has 2 N–H and O–H groups in total. The summed E-state index contributed by atoms with van der Waals surface area (Å²) in [6.45, 7) is 4.79. The molecule has 0 aromatic carbocycles. The average molecular weight is 214 g/mol. The van der Waals surface area contributed by atoms with Crippen LogP contribution >= 0.6 is 0 Å². The van der Waals surface area contributed by atoms with Crippen molar-refractivity contribution >= 4 is 5.91 Å². The van der Waals surface area contributed by atoms with Crippen molar-refractivity contribution in [1.82, 2.24) is 10.2 Å². The van der Waals surface area contributed by atoms with Crippen molar-refractivity contribution in [2.24, 2.45) is 5.41 Å². The Labute approximate surface area is 91.6 Å². The maximum absolute atomic E-state index is 11.3. The van der Waals surface area contributed by atoms with E-state index in [1.807, 2.05) is 13.8 Å². The molecule has 1 amide bonds. The van der Waals surface area contributed by atoms with Crippen molar-refractivity contribution in [3.05, 3.63) is 0 Å². The van der Waals surface area contributed by atoms with E-state index in [-0.39, 0.29) is 17.4 Å². The molecular formula is C11H22N2O2. The Morgan fingerprint density at radius 3 is 2.53 bits per heavy atom. The number of rotatable bonds is 4. The standard InChI is InChI=1S/C11H22N2O2/c1-11(2)8(7-9(11)14)12-6-5-10(15)13(3)4/h8-9,12,14H,5-7H2,1-4H3. The molecule has 88 valence electrons. The van der Waals surface area contributed by atoms with Gasteiger partial charge in [-0.1, -0.05) is 13.8 Å². The lowest BCUT2D eigenvalue weighted by Crippen LogP contribution is -2.60. The second kappa shape index (κ2) is 4.49. The van der Waals surface area contributed by atoms with Crippen LogP contribution in [-0.2, 0) is 4.79 Å². The molecule has 1 fully saturated rings. The molecular weight excluding hydrogens is 192 g/mol. The fraction of sp³-hybridized carbons (Fsp3) is 0.909. The SMILES string of the molecule is CN(C)C(=O)CCNC1CC(O)C1(C)C. The third-order valence-electron chi connectivity index (χ3n) is 3.44. The molecule has 0 aromatic heterocycles. The van der Waals surface area contributed by atoms with Gasteiger partial charge in [0.2, 0.25) is 5.91 Å². The maximum Gasteiger partial charge on any atom is 0.223 e. The minimum Gasteiger partial charge on any atom is -0.392 e. The number of carbonyl (C=O) groups excluding carboxylic acids is 1. The predicted octanol–water partition coefficient (Wildman–Crippen LogP) is 0.214. The van der Waals surface area contributed by atoms with Crippen LogP contribution in [0.2, 0.25) is 0 Å². The van der Waals surface area contributed by atoms with E-state index < -0.39 is 0 Å². The van der Waals surface area contributed by atoms with Crippen LogP contribution in [0.3, 0.4) is 0 Å². The summed E-state index contributed by atoms with van der Waals surface area (Å²) in [6.07, 6.45) is 1.11. The Bertz CT molecular complexity index is 239. The topological polar surface area (TPSA) is 52.6 Å². The lowest BCUT2D eigenvalue weighted by molar-refractivity contribution is -0.128. The first-order chi connectivity index (χ1) is 6.85. The second-order valence-electron chi connectivity index (χ2n) is 5.12. The molecule has 2 unspecified atom stereocenters. The molecule has 0 bridgehead atoms. The van der Waals surface area contributed by atoms with E-state index in [1.165, 1.54) is 0 Å². The lowest BCUT2D eigenvalue weighted by atomic mass is 9.64. The van der Waals surface area contributed by atoms with Gasteiger partial charge in [-0.25, -0.2) is 0 Å². The smallest absolute Gasteiger partial charge is 0.223 e. The van der Waals surface area contributed by atoms with Gasteiger partial charge in [0.25, 0.3) is 0 Å². The zero-order valence-electron chi connectivity index (χ0n) is 10.1. The van der Waals surface area contributed by atoms with E-state index in [1.54, 1.807) is 19.0 Å². The molecule has 1 saturated carbocycles. The van der Waals surface area contributed by atoms with Crippen LogP contribution in [0.4, 0.5) is 0 Å². The van der Waals surface area contributed by atoms with E-state index in [2.05, 4.69) is 5.32 Å². The Morgan fingerprint density at radius 2 is 2.13 bits per heavy atom. The summed E-state index contributed by atoms with van der Waals surface area (Å²) in [5.41, 5.74) is -0.0544. The molecule has 1 aliphatic carbocycles. The van der Waals surface area contributed by atoms with Gasteiger partial charge in [0, 0.05) is 38.5 Å². The first-order valence-electron chi connectivity index (χ1n) is 5.47. The summed E-state index contributed by atoms with van der Waals surface area (Å²) >= 11 is 0. The van der Waals surface area contributed by atoms with Crippen LogP contribution in [0, 0.1) is 5.41 Å². The number of nitrogens with zero attached hydrogens (tertiary/aromatic N) is 1. The molecule has 0 radical (unpaired) electrons. The van der Waals surface area contributed by atoms with Crippen LogP contribution in [-0.4, -0.2) is 48.7 Å². The molecule has 0 spiro atoms. The Balaban J connectivity index is 2.20. The maximum atomic E-state index is 11.3. The predicted molar refractivity (Wildman–Crippen MR) is 59.5 cm³/mol. The molecule has 2 atom stereocenters. The summed E-state index contributed by atoms with van der Waals surface area (Å²) in [5, 5.41) is 12.8. The number of amides is 1. The summed E-state index contributed by atoms with van der Waals surface area (Å²) in [7, 11) is 3.53. The lowest BCUT2D eigenvalue weighted by Gasteiger charge is -2.49. The number of aliphatic hydroxyl groups is 1. The van der Waals surface area contributed by atoms with Crippen molar-refractivity contribution < 1.29 is 9.90 Å². The monoisotopic (exact) mass is 214 g/mol. The second-order valence-corrected chi connectivity index (χ2v) is 5.12. The highest BCUT2D eigenvalue weighted by Gasteiger charge is 2.46. The molecule has 1 rings (SSSR count). The number of aliphatic hydroxyl groups excluding tert-OH is 1. The molecule has 4 heteroatoms. The van der Waals surface area contributed by atoms with Gasteiger partial charge in [0.1, 0.15) is 0 Å². The normalized spacial score (nSPS) is 28.3. The average Bonchev–Trinajstić information content (AvgIpc) is 2.16. The van der Waals surface area contributed by atoms with Gasteiger partial charge < -0.3 is 15.3 Å². The van der Waals surface area contributed by atoms with Crippen molar-refractivity contribution in [3.63, 3.8) is 0 Å². The summed E-state index contributed by atoms with van der Waals surface area (Å²) in [4.78, 5) is 12.9. The number of hydrogen-bond acceptors (Lipinski definition) is 3. The van der Waals surface area contributed by atoms with Crippen molar-refractivity contribution in [3.8, 4) is 0 Å². The van der Waals surface area contributed by atoms with Crippen molar-refractivity contribution in [2.75, 3.05) is 20.6 Å². The summed E-state index contributed by atoms with van der Waals surface area (Å²) in [5.74, 6) is 0.139. The molecule has 0 aliphatic heterocycles. The van der Waals surface area contributed by atoms with Gasteiger partial charge >= 0.3 is 0 Å². The fourth-order valence-electron chi connectivity index (χ4n) is 1.83. The van der Waals surface area contributed by atoms with Gasteiger partial charge in [0.05, 0.1) is 6.10 Å². The molecule has 15 heavy (non-hydrogen) atoms. The van der Waals surface area contributed by atoms with Crippen LogP contribution in [0.25, 0.3) is 0 Å². The number of nitrogens with one attached hydrogen (secondary N) is 1. The molecule has 1 aliphatic rings. The van der Waals surface area contributed by atoms with E-state index in [9.17, 15) is 9.90 Å². The first-order valence-corrected chi connectivity index (χ1v) is 5.47. The minimum atomic E-state index is -0.209. The van der Waals surface area contributed by atoms with E-state index in [0.717, 1.165) is 6.42 Å². The third-order valence-corrected chi connectivity index (χ3v) is 3.44. The van der Waals surface area contributed by atoms with Crippen LogP contribution in [0.5, 0.6) is 0 Å². The van der Waals surface area contributed by atoms with Gasteiger partial charge in [-0.15, -0.1) is 0 Å². The highest BCUT2D eigenvalue weighted by molar-refractivity contribution is 5.75. The Hall–Kier alpha value is -0.610. The van der Waals surface area contributed by atoms with Crippen LogP contribution in [0.1, 0.15) is 26.7 Å². The van der Waals surface area contributed by atoms with E-state index in [0.29, 0.717) is 19.0 Å². The quantitative estimate of drug-likeness (QED) is 0.703. The largest absolute Gasteiger partial charge is 0.392 e. The summed E-state index contributed by atoms with van der Waals surface area (Å²) < 4.78 is 0. The Kier molecular flexibility index (Phi) is 3.73. The van der Waals surface area contributed by atoms with E-state index >= 15 is 0 Å². The van der Waals surface area contributed by atoms with Gasteiger partial charge in [-0.05, 0) is 6.42 Å². The zero-order valence-corrected chi connectivity index (χ0v) is 10.1. The third kappa shape index (κ3) is 2.69. The fourth-order valence-corrected chi connectivity index (χ4v) is 1.83. The molecule has 4 nitrogen and oxygen atoms in total. The van der Waals surface area contributed by atoms with Gasteiger partial charge in [-0.3, -0.25) is 4.79 Å². The van der Waals surface area contributed by atoms with Crippen LogP contribution < -0.4 is 5.32 Å². The van der Waals surface area contributed by atoms with Crippen molar-refractivity contribution in [2.45, 2.75) is 38.8 Å². The van der Waals surface area contributed by atoms with Crippen molar-refractivity contribution in [1.29, 1.82) is 0 Å². The zero-order chi connectivity index (χ0) is 11.6. The van der Waals surface area contributed by atoms with E-state index in [4.69, 9.17) is 0 Å². The summed E-state index contributed by atoms with van der Waals surface area (Å²) in [6, 6.07) is 0.336. The number of carbonyl (C=O) groups is 1. The first kappa shape index (κ1) is 12.5. The highest BCUT2D eigenvalue weighted by Crippen LogP contribution is 2.40. The molecule has 0 aromatic rings. The highest BCUT2D eigenvalue weighted by atomic mass is 16.3. The van der Waals surface area contributed by atoms with Gasteiger partial charge in [-0.2, -0.15) is 0 Å². The number of hydrogen-bond donors (Lipinski definition) is 2. The van der Waals surface area contributed by atoms with Crippen LogP contribution in [0.15, 0.2) is 0 Å². The Morgan fingerprint density at radius 1 is 1.53 bits per heavy atom. The molecule has 0 heterocycles. The molecule has 0 saturated heterocycles. The van der Waals surface area contributed by atoms with Gasteiger partial charge in [0.15, 0.2) is 0 Å².